The molecule has 0 atom stereocenters. The van der Waals surface area contributed by atoms with Crippen LogP contribution in [0.25, 0.3) is 0 Å². The van der Waals surface area contributed by atoms with E-state index in [1.54, 1.807) is 0 Å². The van der Waals surface area contributed by atoms with E-state index in [1.807, 2.05) is 6.92 Å². The molecule has 1 heterocycles. The van der Waals surface area contributed by atoms with Gasteiger partial charge in [0.05, 0.1) is 0 Å². The summed E-state index contributed by atoms with van der Waals surface area (Å²) in [6, 6.07) is 2.18. The summed E-state index contributed by atoms with van der Waals surface area (Å²) in [4.78, 5) is 0. The number of rotatable bonds is 2. The van der Waals surface area contributed by atoms with Gasteiger partial charge in [-0.3, -0.25) is 0 Å². The van der Waals surface area contributed by atoms with E-state index < -0.39 is 0 Å². The molecule has 1 aromatic heterocycles. The molecular weight excluding hydrogens is 228 g/mol. The summed E-state index contributed by atoms with van der Waals surface area (Å²) in [5, 5.41) is 0.997. The van der Waals surface area contributed by atoms with E-state index in [-0.39, 0.29) is 5.41 Å². The van der Waals surface area contributed by atoms with Crippen LogP contribution in [0.3, 0.4) is 0 Å². The predicted octanol–water partition coefficient (Wildman–Crippen LogP) is 3.82. The lowest BCUT2D eigenvalue weighted by Gasteiger charge is -2.13. The fourth-order valence-corrected chi connectivity index (χ4v) is 1.67. The first-order chi connectivity index (χ1) is 5.95. The highest BCUT2D eigenvalue weighted by molar-refractivity contribution is 9.09. The van der Waals surface area contributed by atoms with Crippen LogP contribution < -0.4 is 0 Å². The average Bonchev–Trinajstić information content (AvgIpc) is 2.32. The number of halogens is 1. The van der Waals surface area contributed by atoms with Crippen molar-refractivity contribution in [1.29, 1.82) is 0 Å². The third kappa shape index (κ3) is 2.60. The molecule has 0 spiro atoms. The second-order valence-electron chi connectivity index (χ2n) is 4.38. The zero-order chi connectivity index (χ0) is 10.1. The van der Waals surface area contributed by atoms with Crippen LogP contribution in [0.5, 0.6) is 0 Å². The molecule has 0 unspecified atom stereocenters. The molecule has 0 aliphatic carbocycles. The third-order valence-corrected chi connectivity index (χ3v) is 2.52. The van der Waals surface area contributed by atoms with Crippen LogP contribution in [0, 0.1) is 6.92 Å². The number of alkyl halides is 1. The Labute approximate surface area is 88.6 Å². The van der Waals surface area contributed by atoms with Crippen LogP contribution in [0.2, 0.25) is 0 Å². The molecule has 13 heavy (non-hydrogen) atoms. The number of furan rings is 1. The third-order valence-electron chi connectivity index (χ3n) is 2.12. The first-order valence-electron chi connectivity index (χ1n) is 4.61. The van der Waals surface area contributed by atoms with E-state index in [0.29, 0.717) is 0 Å². The first kappa shape index (κ1) is 10.8. The van der Waals surface area contributed by atoms with Crippen molar-refractivity contribution < 1.29 is 4.42 Å². The highest BCUT2D eigenvalue weighted by atomic mass is 79.9. The fraction of sp³-hybridized carbons (Fsp3) is 0.636. The summed E-state index contributed by atoms with van der Waals surface area (Å²) < 4.78 is 5.71. The fourth-order valence-electron chi connectivity index (χ4n) is 1.24. The maximum absolute atomic E-state index is 5.71. The van der Waals surface area contributed by atoms with Gasteiger partial charge in [-0.1, -0.05) is 36.7 Å². The van der Waals surface area contributed by atoms with E-state index in [4.69, 9.17) is 4.42 Å². The van der Waals surface area contributed by atoms with Gasteiger partial charge in [0, 0.05) is 10.7 Å². The normalized spacial score (nSPS) is 12.1. The summed E-state index contributed by atoms with van der Waals surface area (Å²) in [5.41, 5.74) is 1.44. The Hall–Kier alpha value is -0.240. The van der Waals surface area contributed by atoms with Crippen LogP contribution in [0.15, 0.2) is 10.5 Å². The molecule has 0 aliphatic heterocycles. The second kappa shape index (κ2) is 3.87. The van der Waals surface area contributed by atoms with Gasteiger partial charge >= 0.3 is 0 Å². The summed E-state index contributed by atoms with van der Waals surface area (Å²) in [6.07, 6.45) is 1.05. The van der Waals surface area contributed by atoms with E-state index in [1.165, 1.54) is 5.56 Å². The minimum Gasteiger partial charge on any atom is -0.466 e. The molecule has 0 N–H and O–H groups in total. The Morgan fingerprint density at radius 1 is 1.38 bits per heavy atom. The summed E-state index contributed by atoms with van der Waals surface area (Å²) >= 11 is 3.44. The zero-order valence-corrected chi connectivity index (χ0v) is 10.4. The lowest BCUT2D eigenvalue weighted by molar-refractivity contribution is 0.395. The minimum absolute atomic E-state index is 0.120. The lowest BCUT2D eigenvalue weighted by Crippen LogP contribution is -2.09. The van der Waals surface area contributed by atoms with Crippen molar-refractivity contribution >= 4 is 15.9 Å². The van der Waals surface area contributed by atoms with Gasteiger partial charge in [0.25, 0.3) is 0 Å². The van der Waals surface area contributed by atoms with Gasteiger partial charge in [-0.15, -0.1) is 0 Å². The van der Waals surface area contributed by atoms with Crippen molar-refractivity contribution in [3.8, 4) is 0 Å². The quantitative estimate of drug-likeness (QED) is 0.722. The van der Waals surface area contributed by atoms with Crippen LogP contribution in [0.1, 0.15) is 37.9 Å². The maximum Gasteiger partial charge on any atom is 0.109 e. The largest absolute Gasteiger partial charge is 0.466 e. The SMILES string of the molecule is Cc1oc(C(C)(C)C)cc1CCBr. The van der Waals surface area contributed by atoms with Crippen molar-refractivity contribution in [2.75, 3.05) is 5.33 Å². The molecular formula is C11H17BrO. The molecule has 1 nitrogen and oxygen atoms in total. The van der Waals surface area contributed by atoms with Crippen molar-refractivity contribution in [2.45, 2.75) is 39.5 Å². The van der Waals surface area contributed by atoms with Crippen molar-refractivity contribution in [1.82, 2.24) is 0 Å². The maximum atomic E-state index is 5.71. The monoisotopic (exact) mass is 244 g/mol. The van der Waals surface area contributed by atoms with Gasteiger partial charge < -0.3 is 4.42 Å². The summed E-state index contributed by atoms with van der Waals surface area (Å²) in [6.45, 7) is 8.54. The minimum atomic E-state index is 0.120. The highest BCUT2D eigenvalue weighted by Crippen LogP contribution is 2.27. The van der Waals surface area contributed by atoms with Gasteiger partial charge in [0.1, 0.15) is 11.5 Å². The molecule has 0 radical (unpaired) electrons. The lowest BCUT2D eigenvalue weighted by atomic mass is 9.93. The molecule has 74 valence electrons. The van der Waals surface area contributed by atoms with Crippen LogP contribution in [-0.2, 0) is 11.8 Å². The van der Waals surface area contributed by atoms with E-state index in [0.717, 1.165) is 23.3 Å². The van der Waals surface area contributed by atoms with Crippen molar-refractivity contribution in [3.05, 3.63) is 23.2 Å². The van der Waals surface area contributed by atoms with Crippen LogP contribution >= 0.6 is 15.9 Å². The highest BCUT2D eigenvalue weighted by Gasteiger charge is 2.19. The average molecular weight is 245 g/mol. The topological polar surface area (TPSA) is 13.1 Å². The second-order valence-corrected chi connectivity index (χ2v) is 5.17. The number of aryl methyl sites for hydroxylation is 2. The van der Waals surface area contributed by atoms with Gasteiger partial charge in [-0.2, -0.15) is 0 Å². The molecule has 1 rings (SSSR count). The van der Waals surface area contributed by atoms with Gasteiger partial charge in [-0.05, 0) is 25.0 Å². The molecule has 0 saturated heterocycles. The Balaban J connectivity index is 2.95. The smallest absolute Gasteiger partial charge is 0.109 e. The first-order valence-corrected chi connectivity index (χ1v) is 5.73. The molecule has 1 aromatic rings. The molecule has 2 heteroatoms. The molecule has 0 fully saturated rings. The molecule has 0 aliphatic rings. The predicted molar refractivity (Wildman–Crippen MR) is 59.6 cm³/mol. The summed E-state index contributed by atoms with van der Waals surface area (Å²) in [7, 11) is 0. The van der Waals surface area contributed by atoms with Crippen molar-refractivity contribution in [2.24, 2.45) is 0 Å². The van der Waals surface area contributed by atoms with E-state index >= 15 is 0 Å². The molecule has 0 saturated carbocycles. The Morgan fingerprint density at radius 2 is 2.00 bits per heavy atom. The number of hydrogen-bond donors (Lipinski definition) is 0. The van der Waals surface area contributed by atoms with Gasteiger partial charge in [0.15, 0.2) is 0 Å². The Bertz CT molecular complexity index is 281. The summed E-state index contributed by atoms with van der Waals surface area (Å²) in [5.74, 6) is 2.14. The Morgan fingerprint density at radius 3 is 2.38 bits per heavy atom. The molecule has 0 bridgehead atoms. The van der Waals surface area contributed by atoms with Crippen molar-refractivity contribution in [3.63, 3.8) is 0 Å². The number of hydrogen-bond acceptors (Lipinski definition) is 1. The molecule has 0 aromatic carbocycles. The van der Waals surface area contributed by atoms with E-state index in [2.05, 4.69) is 42.8 Å². The zero-order valence-electron chi connectivity index (χ0n) is 8.78. The Kier molecular flexibility index (Phi) is 3.23. The molecule has 0 amide bonds. The standard InChI is InChI=1S/C11H17BrO/c1-8-9(5-6-12)7-10(13-8)11(2,3)4/h7H,5-6H2,1-4H3. The van der Waals surface area contributed by atoms with Gasteiger partial charge in [0.2, 0.25) is 0 Å². The van der Waals surface area contributed by atoms with Gasteiger partial charge in [-0.25, -0.2) is 0 Å². The van der Waals surface area contributed by atoms with Crippen LogP contribution in [-0.4, -0.2) is 5.33 Å². The van der Waals surface area contributed by atoms with E-state index in [9.17, 15) is 0 Å². The van der Waals surface area contributed by atoms with Crippen LogP contribution in [0.4, 0.5) is 0 Å².